The van der Waals surface area contributed by atoms with Crippen molar-refractivity contribution in [3.8, 4) is 5.88 Å². The second-order valence-corrected chi connectivity index (χ2v) is 3.18. The molecule has 0 bridgehead atoms. The average molecular weight is 211 g/mol. The minimum Gasteiger partial charge on any atom is -0.480 e. The molecule has 0 fully saturated rings. The molecule has 0 aromatic carbocycles. The van der Waals surface area contributed by atoms with E-state index in [0.29, 0.717) is 18.2 Å². The van der Waals surface area contributed by atoms with E-state index in [-0.39, 0.29) is 6.04 Å². The van der Waals surface area contributed by atoms with E-state index in [0.717, 1.165) is 13.0 Å². The first-order chi connectivity index (χ1) is 7.27. The summed E-state index contributed by atoms with van der Waals surface area (Å²) < 4.78 is 10.2. The maximum atomic E-state index is 5.86. The molecule has 0 amide bonds. The average Bonchev–Trinajstić information content (AvgIpc) is 2.29. The van der Waals surface area contributed by atoms with Gasteiger partial charge in [0.15, 0.2) is 0 Å². The van der Waals surface area contributed by atoms with Crippen LogP contribution in [-0.2, 0) is 4.74 Å². The summed E-state index contributed by atoms with van der Waals surface area (Å²) in [5, 5.41) is 7.79. The smallest absolute Gasteiger partial charge is 0.233 e. The molecular formula is C10H17N3O2. The Hall–Kier alpha value is -1.20. The highest BCUT2D eigenvalue weighted by atomic mass is 16.5. The molecule has 0 radical (unpaired) electrons. The van der Waals surface area contributed by atoms with Gasteiger partial charge in [0.05, 0.1) is 25.5 Å². The Balaban J connectivity index is 2.46. The summed E-state index contributed by atoms with van der Waals surface area (Å²) in [4.78, 5) is 0. The zero-order valence-corrected chi connectivity index (χ0v) is 9.14. The van der Waals surface area contributed by atoms with Crippen molar-refractivity contribution in [2.45, 2.75) is 19.4 Å². The fraction of sp³-hybridized carbons (Fsp3) is 0.600. The van der Waals surface area contributed by atoms with E-state index in [1.54, 1.807) is 19.2 Å². The van der Waals surface area contributed by atoms with Crippen LogP contribution in [0.3, 0.4) is 0 Å². The van der Waals surface area contributed by atoms with E-state index in [1.807, 2.05) is 0 Å². The molecule has 0 aliphatic heterocycles. The molecule has 1 aromatic rings. The molecule has 5 nitrogen and oxygen atoms in total. The van der Waals surface area contributed by atoms with Crippen LogP contribution in [0.5, 0.6) is 5.88 Å². The highest BCUT2D eigenvalue weighted by molar-refractivity contribution is 5.13. The van der Waals surface area contributed by atoms with E-state index in [2.05, 4.69) is 17.1 Å². The molecule has 1 aromatic heterocycles. The van der Waals surface area contributed by atoms with Gasteiger partial charge in [-0.3, -0.25) is 0 Å². The van der Waals surface area contributed by atoms with Gasteiger partial charge in [-0.15, -0.1) is 5.10 Å². The minimum atomic E-state index is -0.227. The first-order valence-electron chi connectivity index (χ1n) is 4.98. The highest BCUT2D eigenvalue weighted by Crippen LogP contribution is 2.09. The van der Waals surface area contributed by atoms with Crippen molar-refractivity contribution in [1.82, 2.24) is 10.2 Å². The molecule has 5 heteroatoms. The molecule has 0 spiro atoms. The van der Waals surface area contributed by atoms with Gasteiger partial charge in [-0.05, 0) is 12.5 Å². The summed E-state index contributed by atoms with van der Waals surface area (Å²) in [5.41, 5.74) is 6.57. The molecule has 0 saturated heterocycles. The molecule has 0 aliphatic rings. The van der Waals surface area contributed by atoms with Crippen LogP contribution in [-0.4, -0.2) is 30.5 Å². The summed E-state index contributed by atoms with van der Waals surface area (Å²) in [6, 6.07) is 3.31. The third-order valence-electron chi connectivity index (χ3n) is 1.90. The van der Waals surface area contributed by atoms with Crippen molar-refractivity contribution in [2.24, 2.45) is 5.73 Å². The van der Waals surface area contributed by atoms with E-state index in [4.69, 9.17) is 15.2 Å². The number of hydrogen-bond donors (Lipinski definition) is 1. The van der Waals surface area contributed by atoms with Crippen molar-refractivity contribution < 1.29 is 9.47 Å². The lowest BCUT2D eigenvalue weighted by atomic mass is 10.2. The largest absolute Gasteiger partial charge is 0.480 e. The van der Waals surface area contributed by atoms with E-state index >= 15 is 0 Å². The summed E-state index contributed by atoms with van der Waals surface area (Å²) in [7, 11) is 1.55. The number of methoxy groups -OCH3 is 1. The van der Waals surface area contributed by atoms with Crippen LogP contribution in [0, 0.1) is 0 Å². The molecule has 0 aliphatic carbocycles. The van der Waals surface area contributed by atoms with Gasteiger partial charge in [0.2, 0.25) is 5.88 Å². The number of aromatic nitrogens is 2. The van der Waals surface area contributed by atoms with Crippen LogP contribution < -0.4 is 10.5 Å². The number of rotatable bonds is 6. The van der Waals surface area contributed by atoms with Crippen molar-refractivity contribution in [3.05, 3.63) is 17.8 Å². The quantitative estimate of drug-likeness (QED) is 0.708. The first kappa shape index (κ1) is 11.9. The van der Waals surface area contributed by atoms with Gasteiger partial charge in [0.25, 0.3) is 0 Å². The predicted octanol–water partition coefficient (Wildman–Crippen LogP) is 0.912. The monoisotopic (exact) mass is 211 g/mol. The highest BCUT2D eigenvalue weighted by Gasteiger charge is 2.08. The zero-order chi connectivity index (χ0) is 11.1. The maximum absolute atomic E-state index is 5.86. The van der Waals surface area contributed by atoms with Gasteiger partial charge in [-0.25, -0.2) is 0 Å². The third kappa shape index (κ3) is 3.81. The number of ether oxygens (including phenoxy) is 2. The Morgan fingerprint density at radius 2 is 2.20 bits per heavy atom. The SMILES string of the molecule is CCCOCC(N)c1ccc(OC)nn1. The maximum Gasteiger partial charge on any atom is 0.233 e. The lowest BCUT2D eigenvalue weighted by molar-refractivity contribution is 0.120. The van der Waals surface area contributed by atoms with Crippen molar-refractivity contribution in [3.63, 3.8) is 0 Å². The number of nitrogens with zero attached hydrogens (tertiary/aromatic N) is 2. The molecule has 1 rings (SSSR count). The molecule has 84 valence electrons. The van der Waals surface area contributed by atoms with Gasteiger partial charge in [-0.2, -0.15) is 5.10 Å². The van der Waals surface area contributed by atoms with E-state index in [1.165, 1.54) is 0 Å². The van der Waals surface area contributed by atoms with Gasteiger partial charge in [-0.1, -0.05) is 6.92 Å². The van der Waals surface area contributed by atoms with Gasteiger partial charge in [0.1, 0.15) is 0 Å². The Morgan fingerprint density at radius 3 is 2.73 bits per heavy atom. The fourth-order valence-electron chi connectivity index (χ4n) is 1.08. The Kier molecular flexibility index (Phi) is 5.00. The summed E-state index contributed by atoms with van der Waals surface area (Å²) in [5.74, 6) is 0.487. The molecular weight excluding hydrogens is 194 g/mol. The van der Waals surface area contributed by atoms with Crippen molar-refractivity contribution in [2.75, 3.05) is 20.3 Å². The summed E-state index contributed by atoms with van der Waals surface area (Å²) >= 11 is 0. The second-order valence-electron chi connectivity index (χ2n) is 3.18. The van der Waals surface area contributed by atoms with Gasteiger partial charge in [0, 0.05) is 12.7 Å². The normalized spacial score (nSPS) is 12.5. The molecule has 15 heavy (non-hydrogen) atoms. The zero-order valence-electron chi connectivity index (χ0n) is 9.14. The van der Waals surface area contributed by atoms with Crippen molar-refractivity contribution in [1.29, 1.82) is 0 Å². The fourth-order valence-corrected chi connectivity index (χ4v) is 1.08. The van der Waals surface area contributed by atoms with Crippen LogP contribution in [0.1, 0.15) is 25.1 Å². The molecule has 1 heterocycles. The van der Waals surface area contributed by atoms with Gasteiger partial charge < -0.3 is 15.2 Å². The Bertz CT molecular complexity index is 277. The van der Waals surface area contributed by atoms with Crippen LogP contribution in [0.2, 0.25) is 0 Å². The molecule has 1 unspecified atom stereocenters. The van der Waals surface area contributed by atoms with Crippen LogP contribution in [0.4, 0.5) is 0 Å². The Morgan fingerprint density at radius 1 is 1.40 bits per heavy atom. The first-order valence-corrected chi connectivity index (χ1v) is 4.98. The Labute approximate surface area is 89.6 Å². The van der Waals surface area contributed by atoms with E-state index < -0.39 is 0 Å². The summed E-state index contributed by atoms with van der Waals surface area (Å²) in [6.07, 6.45) is 0.987. The van der Waals surface area contributed by atoms with Crippen LogP contribution in [0.25, 0.3) is 0 Å². The lowest BCUT2D eigenvalue weighted by Gasteiger charge is -2.10. The van der Waals surface area contributed by atoms with Crippen LogP contribution in [0.15, 0.2) is 12.1 Å². The van der Waals surface area contributed by atoms with Crippen LogP contribution >= 0.6 is 0 Å². The second kappa shape index (κ2) is 6.31. The van der Waals surface area contributed by atoms with Crippen molar-refractivity contribution >= 4 is 0 Å². The topological polar surface area (TPSA) is 70.3 Å². The molecule has 0 saturated carbocycles. The summed E-state index contributed by atoms with van der Waals surface area (Å²) in [6.45, 7) is 3.24. The number of nitrogens with two attached hydrogens (primary N) is 1. The van der Waals surface area contributed by atoms with E-state index in [9.17, 15) is 0 Å². The number of hydrogen-bond acceptors (Lipinski definition) is 5. The lowest BCUT2D eigenvalue weighted by Crippen LogP contribution is -2.19. The standard InChI is InChI=1S/C10H17N3O2/c1-3-6-15-7-8(11)9-4-5-10(14-2)13-12-9/h4-5,8H,3,6-7,11H2,1-2H3. The molecule has 1 atom stereocenters. The minimum absolute atomic E-state index is 0.227. The molecule has 2 N–H and O–H groups in total. The van der Waals surface area contributed by atoms with Gasteiger partial charge >= 0.3 is 0 Å². The predicted molar refractivity (Wildman–Crippen MR) is 56.6 cm³/mol. The third-order valence-corrected chi connectivity index (χ3v) is 1.90.